The molecule has 3 heteroatoms. The molecule has 1 atom stereocenters. The second kappa shape index (κ2) is 6.87. The third-order valence-electron chi connectivity index (χ3n) is 4.32. The summed E-state index contributed by atoms with van der Waals surface area (Å²) < 4.78 is 0. The Hall–Kier alpha value is -0.380. The summed E-state index contributed by atoms with van der Waals surface area (Å²) in [5.41, 5.74) is 0.541. The van der Waals surface area contributed by atoms with Crippen molar-refractivity contribution in [1.82, 2.24) is 10.2 Å². The van der Waals surface area contributed by atoms with E-state index in [0.29, 0.717) is 11.5 Å². The highest BCUT2D eigenvalue weighted by molar-refractivity contribution is 7.09. The van der Waals surface area contributed by atoms with Crippen LogP contribution in [-0.4, -0.2) is 30.6 Å². The molecule has 0 amide bonds. The third kappa shape index (κ3) is 4.90. The number of hydrogen-bond donors (Lipinski definition) is 1. The first-order valence-electron chi connectivity index (χ1n) is 7.54. The SMILES string of the molecule is CC(CNCc1cccs1)N1CCCC(C)(C)CC1. The van der Waals surface area contributed by atoms with Crippen LogP contribution in [0.1, 0.15) is 44.9 Å². The van der Waals surface area contributed by atoms with E-state index in [2.05, 4.69) is 48.5 Å². The highest BCUT2D eigenvalue weighted by atomic mass is 32.1. The van der Waals surface area contributed by atoms with E-state index < -0.39 is 0 Å². The molecule has 1 aromatic heterocycles. The maximum atomic E-state index is 3.59. The molecule has 2 heterocycles. The molecule has 1 saturated heterocycles. The first-order chi connectivity index (χ1) is 9.07. The van der Waals surface area contributed by atoms with E-state index in [1.807, 2.05) is 11.3 Å². The Balaban J connectivity index is 1.72. The largest absolute Gasteiger partial charge is 0.310 e. The van der Waals surface area contributed by atoms with Crippen molar-refractivity contribution in [3.8, 4) is 0 Å². The Labute approximate surface area is 122 Å². The van der Waals surface area contributed by atoms with Gasteiger partial charge in [0.25, 0.3) is 0 Å². The van der Waals surface area contributed by atoms with Gasteiger partial charge in [-0.05, 0) is 56.1 Å². The summed E-state index contributed by atoms with van der Waals surface area (Å²) in [7, 11) is 0. The molecule has 2 rings (SSSR count). The lowest BCUT2D eigenvalue weighted by Crippen LogP contribution is -2.40. The van der Waals surface area contributed by atoms with Crippen molar-refractivity contribution in [2.75, 3.05) is 19.6 Å². The average Bonchev–Trinajstić information content (AvgIpc) is 2.79. The molecule has 1 fully saturated rings. The Morgan fingerprint density at radius 3 is 2.95 bits per heavy atom. The van der Waals surface area contributed by atoms with Crippen molar-refractivity contribution in [2.45, 2.75) is 52.6 Å². The zero-order chi connectivity index (χ0) is 13.7. The van der Waals surface area contributed by atoms with Crippen LogP contribution in [0.2, 0.25) is 0 Å². The van der Waals surface area contributed by atoms with Crippen molar-refractivity contribution >= 4 is 11.3 Å². The van der Waals surface area contributed by atoms with E-state index >= 15 is 0 Å². The molecule has 1 aromatic rings. The van der Waals surface area contributed by atoms with Crippen molar-refractivity contribution in [2.24, 2.45) is 5.41 Å². The van der Waals surface area contributed by atoms with E-state index in [-0.39, 0.29) is 0 Å². The third-order valence-corrected chi connectivity index (χ3v) is 5.19. The Morgan fingerprint density at radius 2 is 2.21 bits per heavy atom. The van der Waals surface area contributed by atoms with Crippen LogP contribution in [0.4, 0.5) is 0 Å². The summed E-state index contributed by atoms with van der Waals surface area (Å²) in [6.45, 7) is 11.8. The van der Waals surface area contributed by atoms with Crippen molar-refractivity contribution in [1.29, 1.82) is 0 Å². The van der Waals surface area contributed by atoms with Crippen LogP contribution in [0.25, 0.3) is 0 Å². The Bertz CT molecular complexity index is 359. The van der Waals surface area contributed by atoms with Gasteiger partial charge in [0.15, 0.2) is 0 Å². The van der Waals surface area contributed by atoms with Crippen LogP contribution < -0.4 is 5.32 Å². The Morgan fingerprint density at radius 1 is 1.37 bits per heavy atom. The van der Waals surface area contributed by atoms with E-state index in [1.54, 1.807) is 0 Å². The van der Waals surface area contributed by atoms with Gasteiger partial charge in [0.05, 0.1) is 0 Å². The fourth-order valence-corrected chi connectivity index (χ4v) is 3.51. The van der Waals surface area contributed by atoms with Gasteiger partial charge < -0.3 is 5.32 Å². The molecular formula is C16H28N2S. The summed E-state index contributed by atoms with van der Waals surface area (Å²) in [6, 6.07) is 4.98. The monoisotopic (exact) mass is 280 g/mol. The van der Waals surface area contributed by atoms with Gasteiger partial charge in [0.2, 0.25) is 0 Å². The number of hydrogen-bond acceptors (Lipinski definition) is 3. The smallest absolute Gasteiger partial charge is 0.0300 e. The fourth-order valence-electron chi connectivity index (χ4n) is 2.83. The average molecular weight is 280 g/mol. The second-order valence-corrected chi connectivity index (χ2v) is 7.65. The highest BCUT2D eigenvalue weighted by Crippen LogP contribution is 2.30. The van der Waals surface area contributed by atoms with Gasteiger partial charge in [-0.3, -0.25) is 4.90 Å². The van der Waals surface area contributed by atoms with Gasteiger partial charge in [-0.25, -0.2) is 0 Å². The number of rotatable bonds is 5. The minimum absolute atomic E-state index is 0.541. The summed E-state index contributed by atoms with van der Waals surface area (Å²) in [4.78, 5) is 4.10. The van der Waals surface area contributed by atoms with Gasteiger partial charge in [0, 0.05) is 24.0 Å². The maximum absolute atomic E-state index is 3.59. The fraction of sp³-hybridized carbons (Fsp3) is 0.750. The summed E-state index contributed by atoms with van der Waals surface area (Å²) in [5.74, 6) is 0. The number of thiophene rings is 1. The lowest BCUT2D eigenvalue weighted by Gasteiger charge is -2.28. The van der Waals surface area contributed by atoms with Crippen molar-refractivity contribution < 1.29 is 0 Å². The first-order valence-corrected chi connectivity index (χ1v) is 8.42. The molecule has 0 aliphatic carbocycles. The number of nitrogens with one attached hydrogen (secondary N) is 1. The molecule has 0 aromatic carbocycles. The standard InChI is InChI=1S/C16H28N2S/c1-14(12-17-13-15-6-4-11-19-15)18-9-5-7-16(2,3)8-10-18/h4,6,11,14,17H,5,7-10,12-13H2,1-3H3. The molecule has 0 saturated carbocycles. The summed E-state index contributed by atoms with van der Waals surface area (Å²) in [6.07, 6.45) is 4.06. The predicted molar refractivity (Wildman–Crippen MR) is 84.7 cm³/mol. The molecule has 1 N–H and O–H groups in total. The van der Waals surface area contributed by atoms with Crippen LogP contribution in [0, 0.1) is 5.41 Å². The molecule has 1 aliphatic rings. The molecule has 1 aliphatic heterocycles. The van der Waals surface area contributed by atoms with Crippen molar-refractivity contribution in [3.63, 3.8) is 0 Å². The van der Waals surface area contributed by atoms with Gasteiger partial charge >= 0.3 is 0 Å². The minimum Gasteiger partial charge on any atom is -0.310 e. The molecular weight excluding hydrogens is 252 g/mol. The number of likely N-dealkylation sites (tertiary alicyclic amines) is 1. The van der Waals surface area contributed by atoms with Crippen molar-refractivity contribution in [3.05, 3.63) is 22.4 Å². The van der Waals surface area contributed by atoms with Crippen LogP contribution >= 0.6 is 11.3 Å². The van der Waals surface area contributed by atoms with E-state index in [4.69, 9.17) is 0 Å². The van der Waals surface area contributed by atoms with Gasteiger partial charge in [-0.1, -0.05) is 19.9 Å². The van der Waals surface area contributed by atoms with E-state index in [9.17, 15) is 0 Å². The van der Waals surface area contributed by atoms with E-state index in [0.717, 1.165) is 13.1 Å². The van der Waals surface area contributed by atoms with Gasteiger partial charge in [-0.15, -0.1) is 11.3 Å². The molecule has 19 heavy (non-hydrogen) atoms. The zero-order valence-corrected chi connectivity index (χ0v) is 13.4. The minimum atomic E-state index is 0.541. The van der Waals surface area contributed by atoms with Crippen LogP contribution in [0.15, 0.2) is 17.5 Å². The van der Waals surface area contributed by atoms with E-state index in [1.165, 1.54) is 37.2 Å². The summed E-state index contributed by atoms with van der Waals surface area (Å²) >= 11 is 1.84. The number of nitrogens with zero attached hydrogens (tertiary/aromatic N) is 1. The molecule has 1 unspecified atom stereocenters. The molecule has 0 bridgehead atoms. The molecule has 108 valence electrons. The Kier molecular flexibility index (Phi) is 5.43. The highest BCUT2D eigenvalue weighted by Gasteiger charge is 2.24. The maximum Gasteiger partial charge on any atom is 0.0300 e. The molecule has 0 radical (unpaired) electrons. The van der Waals surface area contributed by atoms with Crippen LogP contribution in [0.3, 0.4) is 0 Å². The first kappa shape index (κ1) is 15.0. The topological polar surface area (TPSA) is 15.3 Å². The second-order valence-electron chi connectivity index (χ2n) is 6.61. The lowest BCUT2D eigenvalue weighted by atomic mass is 9.85. The van der Waals surface area contributed by atoms with Gasteiger partial charge in [0.1, 0.15) is 0 Å². The van der Waals surface area contributed by atoms with Crippen LogP contribution in [0.5, 0.6) is 0 Å². The van der Waals surface area contributed by atoms with Gasteiger partial charge in [-0.2, -0.15) is 0 Å². The summed E-state index contributed by atoms with van der Waals surface area (Å²) in [5, 5.41) is 5.74. The lowest BCUT2D eigenvalue weighted by molar-refractivity contribution is 0.202. The quantitative estimate of drug-likeness (QED) is 0.884. The zero-order valence-electron chi connectivity index (χ0n) is 12.6. The van der Waals surface area contributed by atoms with Crippen LogP contribution in [-0.2, 0) is 6.54 Å². The molecule has 0 spiro atoms. The predicted octanol–water partition coefficient (Wildman–Crippen LogP) is 3.74. The normalized spacial score (nSPS) is 22.1. The molecule has 2 nitrogen and oxygen atoms in total.